The van der Waals surface area contributed by atoms with Gasteiger partial charge in [0.2, 0.25) is 0 Å². The zero-order valence-electron chi connectivity index (χ0n) is 15.3. The molecule has 1 amide bonds. The fraction of sp³-hybridized carbons (Fsp3) is 0.0455. The van der Waals surface area contributed by atoms with Crippen molar-refractivity contribution in [2.75, 3.05) is 0 Å². The molecule has 4 aromatic rings. The predicted molar refractivity (Wildman–Crippen MR) is 115 cm³/mol. The second-order valence-electron chi connectivity index (χ2n) is 6.44. The number of H-pyrrole nitrogens is 1. The summed E-state index contributed by atoms with van der Waals surface area (Å²) in [6.07, 6.45) is 4.97. The Balaban J connectivity index is 1.52. The average molecular weight is 405 g/mol. The van der Waals surface area contributed by atoms with E-state index in [0.717, 1.165) is 22.0 Å². The van der Waals surface area contributed by atoms with Gasteiger partial charge in [0.05, 0.1) is 12.8 Å². The number of fused-ring (bicyclic) bond motifs is 1. The maximum Gasteiger partial charge on any atom is 0.276 e. The summed E-state index contributed by atoms with van der Waals surface area (Å²) in [5, 5.41) is 5.56. The van der Waals surface area contributed by atoms with Gasteiger partial charge in [-0.2, -0.15) is 5.10 Å². The summed E-state index contributed by atoms with van der Waals surface area (Å²) in [6.45, 7) is 0.276. The smallest absolute Gasteiger partial charge is 0.276 e. The van der Waals surface area contributed by atoms with Crippen molar-refractivity contribution in [3.8, 4) is 0 Å². The number of aromatic amines is 1. The molecule has 0 aliphatic carbocycles. The van der Waals surface area contributed by atoms with Crippen LogP contribution in [0.25, 0.3) is 10.9 Å². The quantitative estimate of drug-likeness (QED) is 0.392. The van der Waals surface area contributed by atoms with Gasteiger partial charge < -0.3 is 9.55 Å². The van der Waals surface area contributed by atoms with Gasteiger partial charge in [-0.15, -0.1) is 0 Å². The lowest BCUT2D eigenvalue weighted by Crippen LogP contribution is -2.30. The van der Waals surface area contributed by atoms with E-state index in [1.165, 1.54) is 10.6 Å². The highest BCUT2D eigenvalue weighted by atomic mass is 35.5. The number of para-hydroxylation sites is 1. The zero-order valence-corrected chi connectivity index (χ0v) is 16.1. The third kappa shape index (κ3) is 3.97. The summed E-state index contributed by atoms with van der Waals surface area (Å²) >= 11 is 6.17. The first kappa shape index (κ1) is 18.7. The highest BCUT2D eigenvalue weighted by molar-refractivity contribution is 6.31. The Morgan fingerprint density at radius 1 is 1.10 bits per heavy atom. The van der Waals surface area contributed by atoms with Crippen LogP contribution in [-0.2, 0) is 6.54 Å². The highest BCUT2D eigenvalue weighted by Crippen LogP contribution is 2.16. The fourth-order valence-corrected chi connectivity index (χ4v) is 3.26. The zero-order chi connectivity index (χ0) is 20.2. The number of halogens is 1. The van der Waals surface area contributed by atoms with Crippen molar-refractivity contribution in [3.05, 3.63) is 105 Å². The van der Waals surface area contributed by atoms with Crippen LogP contribution in [0.1, 0.15) is 21.5 Å². The molecule has 0 aliphatic heterocycles. The van der Waals surface area contributed by atoms with E-state index in [9.17, 15) is 9.59 Å². The molecule has 0 radical (unpaired) electrons. The average Bonchev–Trinajstić information content (AvgIpc) is 3.14. The van der Waals surface area contributed by atoms with Gasteiger partial charge in [0.1, 0.15) is 5.56 Å². The molecule has 2 N–H and O–H groups in total. The van der Waals surface area contributed by atoms with E-state index >= 15 is 0 Å². The monoisotopic (exact) mass is 404 g/mol. The molecule has 6 nitrogen and oxygen atoms in total. The van der Waals surface area contributed by atoms with Crippen LogP contribution >= 0.6 is 11.6 Å². The minimum absolute atomic E-state index is 0.00984. The van der Waals surface area contributed by atoms with Crippen LogP contribution in [0.15, 0.2) is 83.0 Å². The number of hydrazone groups is 1. The topological polar surface area (TPSA) is 79.2 Å². The van der Waals surface area contributed by atoms with Gasteiger partial charge in [0.25, 0.3) is 11.5 Å². The molecule has 144 valence electrons. The number of rotatable bonds is 5. The molecule has 0 atom stereocenters. The number of aromatic nitrogens is 2. The van der Waals surface area contributed by atoms with Crippen molar-refractivity contribution in [2.24, 2.45) is 5.10 Å². The van der Waals surface area contributed by atoms with Gasteiger partial charge in [-0.1, -0.05) is 48.0 Å². The van der Waals surface area contributed by atoms with E-state index in [4.69, 9.17) is 11.6 Å². The van der Waals surface area contributed by atoms with Crippen molar-refractivity contribution in [1.82, 2.24) is 15.0 Å². The molecule has 2 heterocycles. The van der Waals surface area contributed by atoms with Crippen LogP contribution in [0, 0.1) is 0 Å². The maximum atomic E-state index is 12.7. The largest absolute Gasteiger partial charge is 0.361 e. The molecule has 0 unspecified atom stereocenters. The summed E-state index contributed by atoms with van der Waals surface area (Å²) in [5.41, 5.74) is 4.64. The summed E-state index contributed by atoms with van der Waals surface area (Å²) in [7, 11) is 0. The number of carbonyl (C=O) groups excluding carboxylic acids is 1. The molecule has 2 aromatic heterocycles. The molecular formula is C22H17ClN4O2. The van der Waals surface area contributed by atoms with Crippen molar-refractivity contribution in [1.29, 1.82) is 0 Å². The molecular weight excluding hydrogens is 388 g/mol. The first-order chi connectivity index (χ1) is 14.1. The summed E-state index contributed by atoms with van der Waals surface area (Å²) in [4.78, 5) is 28.3. The van der Waals surface area contributed by atoms with Crippen molar-refractivity contribution >= 4 is 34.6 Å². The Labute approximate surface area is 171 Å². The number of benzene rings is 2. The number of carbonyl (C=O) groups is 1. The van der Waals surface area contributed by atoms with E-state index in [0.29, 0.717) is 5.02 Å². The molecule has 29 heavy (non-hydrogen) atoms. The Kier molecular flexibility index (Phi) is 5.27. The SMILES string of the molecule is O=C(N/N=C\c1c[nH]c2ccccc12)c1cccn(Cc2ccccc2Cl)c1=O. The standard InChI is InChI=1S/C22H17ClN4O2/c23-19-9-3-1-6-15(19)14-27-11-5-8-18(22(27)29)21(28)26-25-13-16-12-24-20-10-4-2-7-17(16)20/h1-13,24H,14H2,(H,26,28)/b25-13-. The lowest BCUT2D eigenvalue weighted by Gasteiger charge is -2.09. The minimum atomic E-state index is -0.570. The second kappa shape index (κ2) is 8.16. The van der Waals surface area contributed by atoms with Gasteiger partial charge in [0.15, 0.2) is 0 Å². The number of pyridine rings is 1. The predicted octanol–water partition coefficient (Wildman–Crippen LogP) is 3.80. The molecule has 0 aliphatic rings. The molecule has 0 saturated carbocycles. The minimum Gasteiger partial charge on any atom is -0.361 e. The Bertz CT molecular complexity index is 1270. The molecule has 0 fully saturated rings. The van der Waals surface area contributed by atoms with E-state index in [1.807, 2.05) is 42.5 Å². The van der Waals surface area contributed by atoms with Crippen LogP contribution in [0.5, 0.6) is 0 Å². The number of hydrogen-bond donors (Lipinski definition) is 2. The summed E-state index contributed by atoms with van der Waals surface area (Å²) < 4.78 is 1.44. The van der Waals surface area contributed by atoms with Gasteiger partial charge in [-0.25, -0.2) is 5.43 Å². The molecule has 0 bridgehead atoms. The number of nitrogens with zero attached hydrogens (tertiary/aromatic N) is 2. The highest BCUT2D eigenvalue weighted by Gasteiger charge is 2.12. The Morgan fingerprint density at radius 3 is 2.76 bits per heavy atom. The van der Waals surface area contributed by atoms with Crippen LogP contribution in [0.3, 0.4) is 0 Å². The van der Waals surface area contributed by atoms with Crippen LogP contribution in [0.4, 0.5) is 0 Å². The lowest BCUT2D eigenvalue weighted by atomic mass is 10.2. The van der Waals surface area contributed by atoms with E-state index in [-0.39, 0.29) is 12.1 Å². The van der Waals surface area contributed by atoms with E-state index in [1.54, 1.807) is 30.7 Å². The first-order valence-electron chi connectivity index (χ1n) is 8.96. The Morgan fingerprint density at radius 2 is 1.90 bits per heavy atom. The first-order valence-corrected chi connectivity index (χ1v) is 9.33. The third-order valence-electron chi connectivity index (χ3n) is 4.55. The normalized spacial score (nSPS) is 11.2. The van der Waals surface area contributed by atoms with Gasteiger partial charge in [0, 0.05) is 33.9 Å². The van der Waals surface area contributed by atoms with Crippen molar-refractivity contribution < 1.29 is 4.79 Å². The number of nitrogens with one attached hydrogen (secondary N) is 2. The van der Waals surface area contributed by atoms with E-state index in [2.05, 4.69) is 15.5 Å². The number of hydrogen-bond acceptors (Lipinski definition) is 3. The van der Waals surface area contributed by atoms with E-state index < -0.39 is 11.5 Å². The van der Waals surface area contributed by atoms with Crippen molar-refractivity contribution in [3.63, 3.8) is 0 Å². The molecule has 4 rings (SSSR count). The van der Waals surface area contributed by atoms with Gasteiger partial charge in [-0.05, 0) is 29.8 Å². The van der Waals surface area contributed by atoms with Gasteiger partial charge in [-0.3, -0.25) is 9.59 Å². The molecule has 0 spiro atoms. The molecule has 0 saturated heterocycles. The lowest BCUT2D eigenvalue weighted by molar-refractivity contribution is 0.0953. The van der Waals surface area contributed by atoms with Crippen LogP contribution in [0.2, 0.25) is 5.02 Å². The van der Waals surface area contributed by atoms with Crippen LogP contribution < -0.4 is 11.0 Å². The molecule has 2 aromatic carbocycles. The maximum absolute atomic E-state index is 12.7. The molecule has 7 heteroatoms. The Hall–Kier alpha value is -3.64. The summed E-state index contributed by atoms with van der Waals surface area (Å²) in [6, 6.07) is 18.2. The van der Waals surface area contributed by atoms with Crippen LogP contribution in [-0.4, -0.2) is 21.7 Å². The van der Waals surface area contributed by atoms with Gasteiger partial charge >= 0.3 is 0 Å². The number of amides is 1. The summed E-state index contributed by atoms with van der Waals surface area (Å²) in [5.74, 6) is -0.570. The second-order valence-corrected chi connectivity index (χ2v) is 6.84. The third-order valence-corrected chi connectivity index (χ3v) is 4.92. The fourth-order valence-electron chi connectivity index (χ4n) is 3.07. The van der Waals surface area contributed by atoms with Crippen molar-refractivity contribution in [2.45, 2.75) is 6.54 Å².